The number of para-hydroxylation sites is 2. The molecule has 1 aromatic carbocycles. The van der Waals surface area contributed by atoms with Gasteiger partial charge in [-0.25, -0.2) is 9.97 Å². The molecule has 0 aliphatic rings. The fourth-order valence-corrected chi connectivity index (χ4v) is 4.24. The molecule has 0 spiro atoms. The zero-order valence-corrected chi connectivity index (χ0v) is 15.2. The Morgan fingerprint density at radius 1 is 1.20 bits per heavy atom. The van der Waals surface area contributed by atoms with Gasteiger partial charge in [0.2, 0.25) is 5.91 Å². The minimum atomic E-state index is -0.185. The molecule has 3 heterocycles. The topological polar surface area (TPSA) is 70.7 Å². The van der Waals surface area contributed by atoms with Crippen molar-refractivity contribution in [3.05, 3.63) is 58.7 Å². The molecule has 0 saturated carbocycles. The van der Waals surface area contributed by atoms with E-state index in [2.05, 4.69) is 20.3 Å². The maximum absolute atomic E-state index is 12.3. The van der Waals surface area contributed by atoms with E-state index in [0.717, 1.165) is 32.4 Å². The molecule has 0 aliphatic heterocycles. The molecule has 0 aliphatic carbocycles. The van der Waals surface area contributed by atoms with Gasteiger partial charge < -0.3 is 10.3 Å². The van der Waals surface area contributed by atoms with E-state index in [0.29, 0.717) is 0 Å². The first-order valence-corrected chi connectivity index (χ1v) is 9.67. The van der Waals surface area contributed by atoms with Crippen LogP contribution < -0.4 is 5.32 Å². The number of aromatic amines is 1. The van der Waals surface area contributed by atoms with Gasteiger partial charge in [-0.2, -0.15) is 0 Å². The summed E-state index contributed by atoms with van der Waals surface area (Å²) < 4.78 is 0. The number of fused-ring (bicyclic) bond motifs is 1. The Morgan fingerprint density at radius 2 is 2.08 bits per heavy atom. The number of thiophene rings is 1. The van der Waals surface area contributed by atoms with Crippen molar-refractivity contribution >= 4 is 39.6 Å². The number of hydrogen-bond acceptors (Lipinski definition) is 5. The second kappa shape index (κ2) is 6.78. The van der Waals surface area contributed by atoms with Crippen LogP contribution in [0.25, 0.3) is 20.9 Å². The number of imidazole rings is 1. The predicted molar refractivity (Wildman–Crippen MR) is 102 cm³/mol. The lowest BCUT2D eigenvalue weighted by Crippen LogP contribution is -2.28. The Balaban J connectivity index is 1.41. The highest BCUT2D eigenvalue weighted by Crippen LogP contribution is 2.28. The molecule has 1 atom stereocenters. The average Bonchev–Trinajstić information content (AvgIpc) is 3.34. The van der Waals surface area contributed by atoms with Gasteiger partial charge in [-0.3, -0.25) is 4.79 Å². The van der Waals surface area contributed by atoms with Crippen molar-refractivity contribution in [2.24, 2.45) is 0 Å². The van der Waals surface area contributed by atoms with Crippen LogP contribution in [-0.2, 0) is 11.2 Å². The molecule has 0 bridgehead atoms. The Labute approximate surface area is 152 Å². The molecular formula is C18H16N4OS2. The van der Waals surface area contributed by atoms with Crippen molar-refractivity contribution < 1.29 is 4.79 Å². The molecule has 2 N–H and O–H groups in total. The zero-order valence-electron chi connectivity index (χ0n) is 13.5. The summed E-state index contributed by atoms with van der Waals surface area (Å²) in [5.41, 5.74) is 2.67. The Kier molecular flexibility index (Phi) is 4.33. The standard InChI is InChI=1S/C18H16N4OS2/c1-11(17-21-13-5-2-3-6-14(13)22-17)19-16(23)9-12-10-25-18(20-12)15-7-4-8-24-15/h2-8,10-11H,9H2,1H3,(H,19,23)(H,21,22). The number of H-pyrrole nitrogens is 1. The summed E-state index contributed by atoms with van der Waals surface area (Å²) in [4.78, 5) is 25.8. The lowest BCUT2D eigenvalue weighted by molar-refractivity contribution is -0.121. The van der Waals surface area contributed by atoms with Gasteiger partial charge in [0.15, 0.2) is 0 Å². The normalized spacial score (nSPS) is 12.4. The Morgan fingerprint density at radius 3 is 2.88 bits per heavy atom. The van der Waals surface area contributed by atoms with E-state index in [4.69, 9.17) is 0 Å². The van der Waals surface area contributed by atoms with E-state index >= 15 is 0 Å². The fourth-order valence-electron chi connectivity index (χ4n) is 2.60. The molecule has 1 unspecified atom stereocenters. The largest absolute Gasteiger partial charge is 0.346 e. The number of aromatic nitrogens is 3. The van der Waals surface area contributed by atoms with Crippen molar-refractivity contribution in [2.75, 3.05) is 0 Å². The highest BCUT2D eigenvalue weighted by Gasteiger charge is 2.15. The van der Waals surface area contributed by atoms with Crippen LogP contribution in [0, 0.1) is 0 Å². The van der Waals surface area contributed by atoms with Crippen LogP contribution in [-0.4, -0.2) is 20.9 Å². The van der Waals surface area contributed by atoms with E-state index in [1.54, 1.807) is 22.7 Å². The zero-order chi connectivity index (χ0) is 17.2. The monoisotopic (exact) mass is 368 g/mol. The van der Waals surface area contributed by atoms with Crippen LogP contribution in [0.2, 0.25) is 0 Å². The van der Waals surface area contributed by atoms with E-state index in [-0.39, 0.29) is 18.4 Å². The van der Waals surface area contributed by atoms with Gasteiger partial charge in [0.1, 0.15) is 10.8 Å². The van der Waals surface area contributed by atoms with Crippen molar-refractivity contribution in [3.63, 3.8) is 0 Å². The number of nitrogens with one attached hydrogen (secondary N) is 2. The molecule has 4 rings (SSSR count). The van der Waals surface area contributed by atoms with E-state index in [9.17, 15) is 4.79 Å². The molecular weight excluding hydrogens is 352 g/mol. The summed E-state index contributed by atoms with van der Waals surface area (Å²) in [5.74, 6) is 0.697. The number of benzene rings is 1. The summed E-state index contributed by atoms with van der Waals surface area (Å²) in [6.45, 7) is 1.92. The maximum atomic E-state index is 12.3. The van der Waals surface area contributed by atoms with Crippen molar-refractivity contribution in [2.45, 2.75) is 19.4 Å². The lowest BCUT2D eigenvalue weighted by Gasteiger charge is -2.10. The molecule has 5 nitrogen and oxygen atoms in total. The van der Waals surface area contributed by atoms with Crippen molar-refractivity contribution in [1.82, 2.24) is 20.3 Å². The fraction of sp³-hybridized carbons (Fsp3) is 0.167. The second-order valence-corrected chi connectivity index (χ2v) is 7.53. The first kappa shape index (κ1) is 16.0. The smallest absolute Gasteiger partial charge is 0.226 e. The number of carbonyl (C=O) groups is 1. The van der Waals surface area contributed by atoms with Crippen molar-refractivity contribution in [3.8, 4) is 9.88 Å². The van der Waals surface area contributed by atoms with Crippen molar-refractivity contribution in [1.29, 1.82) is 0 Å². The number of rotatable bonds is 5. The summed E-state index contributed by atoms with van der Waals surface area (Å²) in [6, 6.07) is 11.7. The highest BCUT2D eigenvalue weighted by atomic mass is 32.1. The molecule has 3 aromatic heterocycles. The van der Waals surface area contributed by atoms with Crippen LogP contribution in [0.5, 0.6) is 0 Å². The van der Waals surface area contributed by atoms with E-state index in [1.165, 1.54) is 0 Å². The van der Waals surface area contributed by atoms with Gasteiger partial charge in [-0.15, -0.1) is 22.7 Å². The third kappa shape index (κ3) is 3.47. The summed E-state index contributed by atoms with van der Waals surface area (Å²) in [7, 11) is 0. The molecule has 0 fully saturated rings. The van der Waals surface area contributed by atoms with Gasteiger partial charge in [-0.1, -0.05) is 18.2 Å². The molecule has 0 saturated heterocycles. The number of carbonyl (C=O) groups excluding carboxylic acids is 1. The molecule has 4 aromatic rings. The molecule has 1 amide bonds. The van der Waals surface area contributed by atoms with E-state index in [1.807, 2.05) is 54.1 Å². The highest BCUT2D eigenvalue weighted by molar-refractivity contribution is 7.20. The third-order valence-corrected chi connectivity index (χ3v) is 5.75. The number of hydrogen-bond donors (Lipinski definition) is 2. The van der Waals surface area contributed by atoms with E-state index < -0.39 is 0 Å². The summed E-state index contributed by atoms with van der Waals surface area (Å²) in [6.07, 6.45) is 0.270. The Bertz CT molecular complexity index is 970. The van der Waals surface area contributed by atoms with Crippen LogP contribution in [0.4, 0.5) is 0 Å². The average molecular weight is 368 g/mol. The van der Waals surface area contributed by atoms with Crippen LogP contribution >= 0.6 is 22.7 Å². The Hall–Kier alpha value is -2.51. The number of amides is 1. The van der Waals surface area contributed by atoms with Gasteiger partial charge in [-0.05, 0) is 30.5 Å². The first-order valence-electron chi connectivity index (χ1n) is 7.91. The third-order valence-electron chi connectivity index (χ3n) is 3.82. The number of thiazole rings is 1. The van der Waals surface area contributed by atoms with Gasteiger partial charge in [0.05, 0.1) is 34.1 Å². The SMILES string of the molecule is CC(NC(=O)Cc1csc(-c2cccs2)n1)c1nc2ccccc2[nH]1. The second-order valence-electron chi connectivity index (χ2n) is 5.73. The quantitative estimate of drug-likeness (QED) is 0.555. The van der Waals surface area contributed by atoms with Gasteiger partial charge in [0, 0.05) is 5.38 Å². The van der Waals surface area contributed by atoms with Gasteiger partial charge in [0.25, 0.3) is 0 Å². The van der Waals surface area contributed by atoms with Crippen LogP contribution in [0.15, 0.2) is 47.2 Å². The predicted octanol–water partition coefficient (Wildman–Crippen LogP) is 4.17. The number of nitrogens with zero attached hydrogens (tertiary/aromatic N) is 2. The minimum Gasteiger partial charge on any atom is -0.346 e. The van der Waals surface area contributed by atoms with Crippen LogP contribution in [0.3, 0.4) is 0 Å². The molecule has 25 heavy (non-hydrogen) atoms. The summed E-state index contributed by atoms with van der Waals surface area (Å²) >= 11 is 3.22. The first-order chi connectivity index (χ1) is 12.2. The van der Waals surface area contributed by atoms with Crippen LogP contribution in [0.1, 0.15) is 24.5 Å². The molecule has 126 valence electrons. The molecule has 7 heteroatoms. The van der Waals surface area contributed by atoms with Gasteiger partial charge >= 0.3 is 0 Å². The maximum Gasteiger partial charge on any atom is 0.226 e. The minimum absolute atomic E-state index is 0.0593. The lowest BCUT2D eigenvalue weighted by atomic mass is 10.2. The molecule has 0 radical (unpaired) electrons. The summed E-state index contributed by atoms with van der Waals surface area (Å²) in [5, 5.41) is 7.92.